The first-order valence-electron chi connectivity index (χ1n) is 7.50. The van der Waals surface area contributed by atoms with Gasteiger partial charge in [0.05, 0.1) is 6.54 Å². The molecule has 6 nitrogen and oxygen atoms in total. The van der Waals surface area contributed by atoms with Crippen LogP contribution >= 0.6 is 11.3 Å². The van der Waals surface area contributed by atoms with Crippen LogP contribution in [0.2, 0.25) is 0 Å². The van der Waals surface area contributed by atoms with Gasteiger partial charge in [-0.1, -0.05) is 12.1 Å². The van der Waals surface area contributed by atoms with Crippen molar-refractivity contribution >= 4 is 28.9 Å². The third-order valence-electron chi connectivity index (χ3n) is 3.58. The zero-order valence-corrected chi connectivity index (χ0v) is 14.2. The Morgan fingerprint density at radius 1 is 1.33 bits per heavy atom. The molecule has 0 saturated carbocycles. The lowest BCUT2D eigenvalue weighted by atomic mass is 10.3. The van der Waals surface area contributed by atoms with E-state index < -0.39 is 12.1 Å². The lowest BCUT2D eigenvalue weighted by Crippen LogP contribution is -2.35. The van der Waals surface area contributed by atoms with Crippen LogP contribution in [0.1, 0.15) is 28.0 Å². The summed E-state index contributed by atoms with van der Waals surface area (Å²) in [5, 5.41) is 4.69. The maximum atomic E-state index is 12.2. The van der Waals surface area contributed by atoms with E-state index in [1.54, 1.807) is 34.9 Å². The molecule has 1 unspecified atom stereocenters. The first-order valence-corrected chi connectivity index (χ1v) is 8.38. The van der Waals surface area contributed by atoms with Crippen molar-refractivity contribution in [3.63, 3.8) is 0 Å². The van der Waals surface area contributed by atoms with E-state index in [1.165, 1.54) is 0 Å². The standard InChI is InChI=1S/C17H17N3O3S/c1-11-5-3-7-15-19-14(10-20(11)15)17(22)23-12(2)16(21)18-9-13-6-4-8-24-13/h3-8,10,12H,9H2,1-2H3,(H,18,21). The molecule has 124 valence electrons. The van der Waals surface area contributed by atoms with Crippen LogP contribution in [0, 0.1) is 6.92 Å². The largest absolute Gasteiger partial charge is 0.448 e. The molecule has 1 atom stereocenters. The molecular formula is C17H17N3O3S. The number of aromatic nitrogens is 2. The Balaban J connectivity index is 1.62. The molecule has 0 spiro atoms. The summed E-state index contributed by atoms with van der Waals surface area (Å²) < 4.78 is 7.02. The van der Waals surface area contributed by atoms with Gasteiger partial charge in [-0.05, 0) is 37.4 Å². The third kappa shape index (κ3) is 3.46. The number of nitrogens with zero attached hydrogens (tertiary/aromatic N) is 2. The smallest absolute Gasteiger partial charge is 0.359 e. The van der Waals surface area contributed by atoms with Crippen LogP contribution in [0.25, 0.3) is 5.65 Å². The SMILES string of the molecule is Cc1cccc2nc(C(=O)OC(C)C(=O)NCc3cccs3)cn12. The quantitative estimate of drug-likeness (QED) is 0.723. The van der Waals surface area contributed by atoms with Gasteiger partial charge in [0.25, 0.3) is 5.91 Å². The fourth-order valence-electron chi connectivity index (χ4n) is 2.25. The minimum atomic E-state index is -0.886. The molecule has 3 aromatic rings. The summed E-state index contributed by atoms with van der Waals surface area (Å²) in [6.45, 7) is 3.89. The van der Waals surface area contributed by atoms with Gasteiger partial charge in [0, 0.05) is 16.8 Å². The van der Waals surface area contributed by atoms with Crippen molar-refractivity contribution in [2.75, 3.05) is 0 Å². The first kappa shape index (κ1) is 16.2. The minimum absolute atomic E-state index is 0.183. The predicted molar refractivity (Wildman–Crippen MR) is 91.0 cm³/mol. The van der Waals surface area contributed by atoms with Crippen molar-refractivity contribution in [2.24, 2.45) is 0 Å². The van der Waals surface area contributed by atoms with Gasteiger partial charge in [-0.15, -0.1) is 11.3 Å². The highest BCUT2D eigenvalue weighted by molar-refractivity contribution is 7.09. The van der Waals surface area contributed by atoms with Crippen LogP contribution in [-0.4, -0.2) is 27.4 Å². The monoisotopic (exact) mass is 343 g/mol. The van der Waals surface area contributed by atoms with Gasteiger partial charge in [0.15, 0.2) is 11.8 Å². The predicted octanol–water partition coefficient (Wildman–Crippen LogP) is 2.57. The Labute approximate surface area is 143 Å². The fraction of sp³-hybridized carbons (Fsp3) is 0.235. The maximum absolute atomic E-state index is 12.2. The molecule has 0 aromatic carbocycles. The van der Waals surface area contributed by atoms with Gasteiger partial charge in [0.1, 0.15) is 5.65 Å². The van der Waals surface area contributed by atoms with Crippen molar-refractivity contribution in [3.05, 3.63) is 58.2 Å². The Morgan fingerprint density at radius 2 is 2.17 bits per heavy atom. The van der Waals surface area contributed by atoms with Gasteiger partial charge in [-0.25, -0.2) is 9.78 Å². The number of aryl methyl sites for hydroxylation is 1. The molecule has 24 heavy (non-hydrogen) atoms. The van der Waals surface area contributed by atoms with Crippen LogP contribution in [0.4, 0.5) is 0 Å². The number of amides is 1. The van der Waals surface area contributed by atoms with Crippen molar-refractivity contribution in [3.8, 4) is 0 Å². The van der Waals surface area contributed by atoms with Gasteiger partial charge in [-0.2, -0.15) is 0 Å². The second-order valence-corrected chi connectivity index (χ2v) is 6.40. The van der Waals surface area contributed by atoms with Crippen molar-refractivity contribution in [1.82, 2.24) is 14.7 Å². The number of pyridine rings is 1. The minimum Gasteiger partial charge on any atom is -0.448 e. The highest BCUT2D eigenvalue weighted by atomic mass is 32.1. The zero-order valence-electron chi connectivity index (χ0n) is 13.4. The number of carbonyl (C=O) groups is 2. The number of fused-ring (bicyclic) bond motifs is 1. The molecule has 1 N–H and O–H groups in total. The average molecular weight is 343 g/mol. The molecule has 3 aromatic heterocycles. The van der Waals surface area contributed by atoms with Crippen LogP contribution < -0.4 is 5.32 Å². The lowest BCUT2D eigenvalue weighted by molar-refractivity contribution is -0.129. The van der Waals surface area contributed by atoms with E-state index in [4.69, 9.17) is 4.74 Å². The Hall–Kier alpha value is -2.67. The molecule has 0 aliphatic carbocycles. The second-order valence-electron chi connectivity index (χ2n) is 5.37. The summed E-state index contributed by atoms with van der Waals surface area (Å²) in [7, 11) is 0. The van der Waals surface area contributed by atoms with E-state index in [-0.39, 0.29) is 11.6 Å². The highest BCUT2D eigenvalue weighted by Gasteiger charge is 2.21. The Morgan fingerprint density at radius 3 is 2.88 bits per heavy atom. The van der Waals surface area contributed by atoms with Gasteiger partial charge in [-0.3, -0.25) is 4.79 Å². The van der Waals surface area contributed by atoms with E-state index in [0.717, 1.165) is 10.6 Å². The van der Waals surface area contributed by atoms with E-state index >= 15 is 0 Å². The molecule has 0 fully saturated rings. The number of rotatable bonds is 5. The second kappa shape index (κ2) is 6.84. The number of ether oxygens (including phenoxy) is 1. The van der Waals surface area contributed by atoms with Crippen molar-refractivity contribution < 1.29 is 14.3 Å². The van der Waals surface area contributed by atoms with Gasteiger partial charge < -0.3 is 14.5 Å². The van der Waals surface area contributed by atoms with Crippen molar-refractivity contribution in [2.45, 2.75) is 26.5 Å². The van der Waals surface area contributed by atoms with Crippen LogP contribution in [-0.2, 0) is 16.1 Å². The summed E-state index contributed by atoms with van der Waals surface area (Å²) in [6.07, 6.45) is 0.729. The number of imidazole rings is 1. The number of carbonyl (C=O) groups excluding carboxylic acids is 2. The summed E-state index contributed by atoms with van der Waals surface area (Å²) in [6, 6.07) is 9.44. The number of hydrogen-bond acceptors (Lipinski definition) is 5. The highest BCUT2D eigenvalue weighted by Crippen LogP contribution is 2.11. The Kier molecular flexibility index (Phi) is 4.61. The molecule has 7 heteroatoms. The third-order valence-corrected chi connectivity index (χ3v) is 4.45. The van der Waals surface area contributed by atoms with E-state index in [1.807, 2.05) is 36.6 Å². The number of esters is 1. The molecule has 3 heterocycles. The Bertz CT molecular complexity index is 870. The van der Waals surface area contributed by atoms with E-state index in [2.05, 4.69) is 10.3 Å². The number of hydrogen-bond donors (Lipinski definition) is 1. The fourth-order valence-corrected chi connectivity index (χ4v) is 2.90. The van der Waals surface area contributed by atoms with Gasteiger partial charge in [0.2, 0.25) is 0 Å². The molecule has 0 aliphatic rings. The molecule has 0 saturated heterocycles. The topological polar surface area (TPSA) is 72.7 Å². The molecule has 1 amide bonds. The number of nitrogens with one attached hydrogen (secondary N) is 1. The summed E-state index contributed by atoms with van der Waals surface area (Å²) in [5.41, 5.74) is 1.81. The summed E-state index contributed by atoms with van der Waals surface area (Å²) >= 11 is 1.56. The van der Waals surface area contributed by atoms with Crippen LogP contribution in [0.15, 0.2) is 41.9 Å². The van der Waals surface area contributed by atoms with Gasteiger partial charge >= 0.3 is 5.97 Å². The molecular weight excluding hydrogens is 326 g/mol. The van der Waals surface area contributed by atoms with E-state index in [9.17, 15) is 9.59 Å². The number of thiophene rings is 1. The van der Waals surface area contributed by atoms with Crippen LogP contribution in [0.5, 0.6) is 0 Å². The lowest BCUT2D eigenvalue weighted by Gasteiger charge is -2.12. The summed E-state index contributed by atoms with van der Waals surface area (Å²) in [5.74, 6) is -0.950. The van der Waals surface area contributed by atoms with Crippen LogP contribution in [0.3, 0.4) is 0 Å². The molecule has 0 aliphatic heterocycles. The van der Waals surface area contributed by atoms with E-state index in [0.29, 0.717) is 12.2 Å². The zero-order chi connectivity index (χ0) is 17.1. The first-order chi connectivity index (χ1) is 11.5. The maximum Gasteiger partial charge on any atom is 0.359 e. The molecule has 0 bridgehead atoms. The van der Waals surface area contributed by atoms with Crippen molar-refractivity contribution in [1.29, 1.82) is 0 Å². The molecule has 3 rings (SSSR count). The molecule has 0 radical (unpaired) electrons. The normalized spacial score (nSPS) is 12.1. The summed E-state index contributed by atoms with van der Waals surface area (Å²) in [4.78, 5) is 29.5. The average Bonchev–Trinajstić information content (AvgIpc) is 3.22.